The van der Waals surface area contributed by atoms with Crippen LogP contribution in [-0.4, -0.2) is 0 Å². The minimum Gasteiger partial charge on any atom is -0.0654 e. The van der Waals surface area contributed by atoms with Crippen molar-refractivity contribution in [2.75, 3.05) is 0 Å². The normalized spacial score (nSPS) is 11.0. The highest BCUT2D eigenvalue weighted by Gasteiger charge is 1.98. The topological polar surface area (TPSA) is 0 Å². The summed E-state index contributed by atoms with van der Waals surface area (Å²) in [5, 5.41) is 0. The first-order valence-electron chi connectivity index (χ1n) is 11.0. The van der Waals surface area contributed by atoms with Crippen LogP contribution in [-0.2, 0) is 19.3 Å². The van der Waals surface area contributed by atoms with Crippen LogP contribution in [0.5, 0.6) is 0 Å². The number of hydrogen-bond acceptors (Lipinski definition) is 0. The summed E-state index contributed by atoms with van der Waals surface area (Å²) in [5.41, 5.74) is 4.40. The van der Waals surface area contributed by atoms with E-state index in [9.17, 15) is 0 Å². The lowest BCUT2D eigenvalue weighted by Crippen LogP contribution is -1.92. The lowest BCUT2D eigenvalue weighted by atomic mass is 10.0. The maximum atomic E-state index is 2.34. The average molecular weight is 351 g/mol. The quantitative estimate of drug-likeness (QED) is 0.303. The van der Waals surface area contributed by atoms with E-state index in [1.807, 2.05) is 0 Å². The van der Waals surface area contributed by atoms with E-state index in [1.165, 1.54) is 87.3 Å². The van der Waals surface area contributed by atoms with Gasteiger partial charge in [0.1, 0.15) is 0 Å². The monoisotopic (exact) mass is 350 g/mol. The van der Waals surface area contributed by atoms with Gasteiger partial charge in [-0.3, -0.25) is 0 Å². The zero-order valence-corrected chi connectivity index (χ0v) is 16.9. The molecule has 0 radical (unpaired) electrons. The number of unbranched alkanes of at least 4 members (excludes halogenated alkanes) is 9. The van der Waals surface area contributed by atoms with Crippen LogP contribution in [0.25, 0.3) is 0 Å². The van der Waals surface area contributed by atoms with Gasteiger partial charge in [0.2, 0.25) is 0 Å². The molecule has 0 bridgehead atoms. The van der Waals surface area contributed by atoms with Gasteiger partial charge in [-0.15, -0.1) is 0 Å². The van der Waals surface area contributed by atoms with Crippen molar-refractivity contribution in [3.05, 3.63) is 71.3 Å². The van der Waals surface area contributed by atoms with E-state index in [-0.39, 0.29) is 0 Å². The third kappa shape index (κ3) is 9.22. The Balaban J connectivity index is 1.51. The van der Waals surface area contributed by atoms with Crippen molar-refractivity contribution >= 4 is 0 Å². The maximum Gasteiger partial charge on any atom is -0.0238 e. The Morgan fingerprint density at radius 3 is 1.38 bits per heavy atom. The van der Waals surface area contributed by atoms with Crippen molar-refractivity contribution in [1.29, 1.82) is 0 Å². The first-order valence-corrected chi connectivity index (χ1v) is 11.0. The molecule has 0 saturated heterocycles. The van der Waals surface area contributed by atoms with Crippen molar-refractivity contribution in [2.45, 2.75) is 90.4 Å². The molecule has 0 nitrogen and oxygen atoms in total. The van der Waals surface area contributed by atoms with E-state index >= 15 is 0 Å². The molecule has 0 atom stereocenters. The molecular weight excluding hydrogens is 312 g/mol. The predicted molar refractivity (Wildman–Crippen MR) is 116 cm³/mol. The summed E-state index contributed by atoms with van der Waals surface area (Å²) >= 11 is 0. The Labute approximate surface area is 162 Å². The lowest BCUT2D eigenvalue weighted by Gasteiger charge is -2.05. The molecule has 0 fully saturated rings. The third-order valence-corrected chi connectivity index (χ3v) is 5.39. The zero-order valence-electron chi connectivity index (χ0n) is 16.9. The molecule has 2 aromatic carbocycles. The number of benzene rings is 2. The molecule has 0 unspecified atom stereocenters. The highest BCUT2D eigenvalue weighted by Crippen LogP contribution is 2.14. The van der Waals surface area contributed by atoms with Crippen LogP contribution in [0.15, 0.2) is 54.6 Å². The Morgan fingerprint density at radius 1 is 0.423 bits per heavy atom. The summed E-state index contributed by atoms with van der Waals surface area (Å²) in [7, 11) is 0. The number of aryl methyl sites for hydroxylation is 3. The van der Waals surface area contributed by atoms with Crippen LogP contribution in [0.1, 0.15) is 87.8 Å². The van der Waals surface area contributed by atoms with Crippen LogP contribution in [0, 0.1) is 0 Å². The Bertz CT molecular complexity index is 552. The van der Waals surface area contributed by atoms with E-state index < -0.39 is 0 Å². The SMILES string of the molecule is CCCCCCCCCCCCc1ccc(CCc2ccccc2)cc1. The van der Waals surface area contributed by atoms with Gasteiger partial charge in [-0.25, -0.2) is 0 Å². The molecule has 0 heteroatoms. The van der Waals surface area contributed by atoms with E-state index in [1.54, 1.807) is 0 Å². The van der Waals surface area contributed by atoms with Gasteiger partial charge in [0, 0.05) is 0 Å². The Hall–Kier alpha value is -1.56. The van der Waals surface area contributed by atoms with E-state index in [0.717, 1.165) is 12.8 Å². The molecule has 0 spiro atoms. The van der Waals surface area contributed by atoms with Gasteiger partial charge in [0.05, 0.1) is 0 Å². The molecule has 0 saturated carbocycles. The Kier molecular flexibility index (Phi) is 10.9. The number of hydrogen-bond donors (Lipinski definition) is 0. The van der Waals surface area contributed by atoms with Crippen molar-refractivity contribution in [3.63, 3.8) is 0 Å². The van der Waals surface area contributed by atoms with Gasteiger partial charge in [-0.05, 0) is 42.4 Å². The van der Waals surface area contributed by atoms with Crippen LogP contribution >= 0.6 is 0 Å². The van der Waals surface area contributed by atoms with E-state index in [0.29, 0.717) is 0 Å². The summed E-state index contributed by atoms with van der Waals surface area (Å²) in [4.78, 5) is 0. The second-order valence-corrected chi connectivity index (χ2v) is 7.73. The van der Waals surface area contributed by atoms with Crippen molar-refractivity contribution in [3.8, 4) is 0 Å². The summed E-state index contributed by atoms with van der Waals surface area (Å²) < 4.78 is 0. The van der Waals surface area contributed by atoms with Crippen molar-refractivity contribution in [2.24, 2.45) is 0 Å². The van der Waals surface area contributed by atoms with Crippen molar-refractivity contribution < 1.29 is 0 Å². The minimum absolute atomic E-state index is 1.14. The fraction of sp³-hybridized carbons (Fsp3) is 0.538. The fourth-order valence-corrected chi connectivity index (χ4v) is 3.62. The van der Waals surface area contributed by atoms with E-state index in [4.69, 9.17) is 0 Å². The molecule has 2 aromatic rings. The third-order valence-electron chi connectivity index (χ3n) is 5.39. The standard InChI is InChI=1S/C26H38/c1-2-3-4-5-6-7-8-9-10-12-17-25-19-22-26(23-20-25)21-18-24-15-13-11-14-16-24/h11,13-16,19-20,22-23H,2-10,12,17-18,21H2,1H3. The summed E-state index contributed by atoms with van der Waals surface area (Å²) in [6.07, 6.45) is 17.7. The summed E-state index contributed by atoms with van der Waals surface area (Å²) in [6, 6.07) is 20.1. The van der Waals surface area contributed by atoms with Crippen molar-refractivity contribution in [1.82, 2.24) is 0 Å². The molecule has 0 N–H and O–H groups in total. The second-order valence-electron chi connectivity index (χ2n) is 7.73. The first-order chi connectivity index (χ1) is 12.9. The predicted octanol–water partition coefficient (Wildman–Crippen LogP) is 7.94. The van der Waals surface area contributed by atoms with Gasteiger partial charge < -0.3 is 0 Å². The number of rotatable bonds is 14. The smallest absolute Gasteiger partial charge is 0.0238 e. The summed E-state index contributed by atoms with van der Waals surface area (Å²) in [6.45, 7) is 2.29. The van der Waals surface area contributed by atoms with Crippen LogP contribution < -0.4 is 0 Å². The molecule has 26 heavy (non-hydrogen) atoms. The molecule has 142 valence electrons. The molecular formula is C26H38. The zero-order chi connectivity index (χ0) is 18.3. The maximum absolute atomic E-state index is 2.34. The van der Waals surface area contributed by atoms with Crippen LogP contribution in [0.4, 0.5) is 0 Å². The largest absolute Gasteiger partial charge is 0.0654 e. The first kappa shape index (κ1) is 20.7. The van der Waals surface area contributed by atoms with Crippen LogP contribution in [0.3, 0.4) is 0 Å². The van der Waals surface area contributed by atoms with Gasteiger partial charge in [0.15, 0.2) is 0 Å². The van der Waals surface area contributed by atoms with Gasteiger partial charge in [-0.2, -0.15) is 0 Å². The average Bonchev–Trinajstić information content (AvgIpc) is 2.69. The van der Waals surface area contributed by atoms with E-state index in [2.05, 4.69) is 61.5 Å². The molecule has 0 aliphatic carbocycles. The Morgan fingerprint density at radius 2 is 0.846 bits per heavy atom. The summed E-state index contributed by atoms with van der Waals surface area (Å²) in [5.74, 6) is 0. The highest BCUT2D eigenvalue weighted by molar-refractivity contribution is 5.24. The molecule has 0 aliphatic rings. The molecule has 0 amide bonds. The lowest BCUT2D eigenvalue weighted by molar-refractivity contribution is 0.556. The van der Waals surface area contributed by atoms with Gasteiger partial charge in [0.25, 0.3) is 0 Å². The highest BCUT2D eigenvalue weighted by atomic mass is 14.0. The molecule has 0 aromatic heterocycles. The minimum atomic E-state index is 1.14. The molecule has 2 rings (SSSR count). The van der Waals surface area contributed by atoms with Gasteiger partial charge in [-0.1, -0.05) is 119 Å². The van der Waals surface area contributed by atoms with Crippen LogP contribution in [0.2, 0.25) is 0 Å². The second kappa shape index (κ2) is 13.6. The van der Waals surface area contributed by atoms with Gasteiger partial charge >= 0.3 is 0 Å². The molecule has 0 heterocycles. The molecule has 0 aliphatic heterocycles. The fourth-order valence-electron chi connectivity index (χ4n) is 3.62.